The summed E-state index contributed by atoms with van der Waals surface area (Å²) >= 11 is 0. The maximum absolute atomic E-state index is 11.3. The van der Waals surface area contributed by atoms with E-state index in [-0.39, 0.29) is 17.3 Å². The monoisotopic (exact) mass is 228 g/mol. The fraction of sp³-hybridized carbons (Fsp3) is 0.0714. The van der Waals surface area contributed by atoms with Gasteiger partial charge in [0.25, 0.3) is 0 Å². The van der Waals surface area contributed by atoms with E-state index in [1.54, 1.807) is 36.4 Å². The lowest BCUT2D eigenvalue weighted by molar-refractivity contribution is 0.101. The molecule has 0 radical (unpaired) electrons. The highest BCUT2D eigenvalue weighted by molar-refractivity contribution is 5.98. The zero-order valence-corrected chi connectivity index (χ0v) is 9.34. The molecular weight excluding hydrogens is 216 g/mol. The summed E-state index contributed by atoms with van der Waals surface area (Å²) in [4.78, 5) is 11.3. The summed E-state index contributed by atoms with van der Waals surface area (Å²) in [5, 5.41) is 18.7. The number of hydrogen-bond acceptors (Lipinski definition) is 3. The first-order valence-electron chi connectivity index (χ1n) is 5.21. The molecule has 0 aromatic heterocycles. The van der Waals surface area contributed by atoms with Gasteiger partial charge in [0.05, 0.1) is 5.56 Å². The van der Waals surface area contributed by atoms with Gasteiger partial charge in [-0.2, -0.15) is 0 Å². The van der Waals surface area contributed by atoms with Crippen molar-refractivity contribution in [1.82, 2.24) is 0 Å². The Labute approximate surface area is 99.0 Å². The molecule has 0 atom stereocenters. The average molecular weight is 228 g/mol. The molecule has 0 fully saturated rings. The van der Waals surface area contributed by atoms with Gasteiger partial charge in [0.2, 0.25) is 0 Å². The molecule has 0 aliphatic heterocycles. The van der Waals surface area contributed by atoms with E-state index >= 15 is 0 Å². The Hall–Kier alpha value is -2.29. The summed E-state index contributed by atoms with van der Waals surface area (Å²) in [7, 11) is 0. The zero-order valence-electron chi connectivity index (χ0n) is 9.34. The van der Waals surface area contributed by atoms with Crippen molar-refractivity contribution in [2.75, 3.05) is 0 Å². The zero-order chi connectivity index (χ0) is 12.4. The second kappa shape index (κ2) is 4.29. The molecule has 0 bridgehead atoms. The van der Waals surface area contributed by atoms with Gasteiger partial charge >= 0.3 is 0 Å². The van der Waals surface area contributed by atoms with Crippen LogP contribution in [0.1, 0.15) is 17.3 Å². The highest BCUT2D eigenvalue weighted by atomic mass is 16.3. The molecule has 2 aromatic carbocycles. The van der Waals surface area contributed by atoms with Gasteiger partial charge in [0.15, 0.2) is 5.78 Å². The number of benzene rings is 2. The van der Waals surface area contributed by atoms with Crippen molar-refractivity contribution in [2.45, 2.75) is 6.92 Å². The van der Waals surface area contributed by atoms with Crippen molar-refractivity contribution in [3.05, 3.63) is 48.0 Å². The maximum atomic E-state index is 11.3. The number of carbonyl (C=O) groups is 1. The van der Waals surface area contributed by atoms with Crippen LogP contribution >= 0.6 is 0 Å². The predicted octanol–water partition coefficient (Wildman–Crippen LogP) is 2.97. The smallest absolute Gasteiger partial charge is 0.163 e. The first kappa shape index (κ1) is 11.2. The number of carbonyl (C=O) groups excluding carboxylic acids is 1. The second-order valence-electron chi connectivity index (χ2n) is 3.83. The van der Waals surface area contributed by atoms with Crippen LogP contribution in [-0.2, 0) is 0 Å². The van der Waals surface area contributed by atoms with Crippen LogP contribution in [0.5, 0.6) is 11.5 Å². The Balaban J connectivity index is 2.50. The number of rotatable bonds is 2. The summed E-state index contributed by atoms with van der Waals surface area (Å²) in [6.07, 6.45) is 0. The van der Waals surface area contributed by atoms with E-state index in [9.17, 15) is 15.0 Å². The number of Topliss-reactive ketones (excluding diaryl/α,β-unsaturated/α-hetero) is 1. The van der Waals surface area contributed by atoms with Crippen molar-refractivity contribution in [3.63, 3.8) is 0 Å². The highest BCUT2D eigenvalue weighted by Crippen LogP contribution is 2.27. The van der Waals surface area contributed by atoms with Gasteiger partial charge in [0.1, 0.15) is 11.5 Å². The van der Waals surface area contributed by atoms with Crippen LogP contribution in [0.4, 0.5) is 0 Å². The van der Waals surface area contributed by atoms with Gasteiger partial charge in [-0.05, 0) is 42.3 Å². The minimum absolute atomic E-state index is 0.0139. The fourth-order valence-corrected chi connectivity index (χ4v) is 1.65. The van der Waals surface area contributed by atoms with Crippen LogP contribution in [0, 0.1) is 0 Å². The lowest BCUT2D eigenvalue weighted by atomic mass is 10.0. The van der Waals surface area contributed by atoms with E-state index in [0.29, 0.717) is 5.56 Å². The predicted molar refractivity (Wildman–Crippen MR) is 65.2 cm³/mol. The first-order chi connectivity index (χ1) is 8.08. The molecule has 2 rings (SSSR count). The largest absolute Gasteiger partial charge is 0.508 e. The Morgan fingerprint density at radius 1 is 0.941 bits per heavy atom. The third kappa shape index (κ3) is 2.28. The summed E-state index contributed by atoms with van der Waals surface area (Å²) in [6, 6.07) is 11.5. The highest BCUT2D eigenvalue weighted by Gasteiger charge is 2.08. The van der Waals surface area contributed by atoms with Crippen LogP contribution in [-0.4, -0.2) is 16.0 Å². The van der Waals surface area contributed by atoms with Crippen molar-refractivity contribution in [3.8, 4) is 22.6 Å². The van der Waals surface area contributed by atoms with Crippen LogP contribution in [0.15, 0.2) is 42.5 Å². The van der Waals surface area contributed by atoms with Gasteiger partial charge < -0.3 is 10.2 Å². The molecule has 17 heavy (non-hydrogen) atoms. The van der Waals surface area contributed by atoms with Gasteiger partial charge in [0, 0.05) is 0 Å². The number of aromatic hydroxyl groups is 2. The molecule has 0 amide bonds. The first-order valence-corrected chi connectivity index (χ1v) is 5.21. The van der Waals surface area contributed by atoms with E-state index in [1.807, 2.05) is 0 Å². The summed E-state index contributed by atoms with van der Waals surface area (Å²) < 4.78 is 0. The van der Waals surface area contributed by atoms with Crippen molar-refractivity contribution >= 4 is 5.78 Å². The number of hydrogen-bond donors (Lipinski definition) is 2. The van der Waals surface area contributed by atoms with E-state index in [4.69, 9.17) is 0 Å². The summed E-state index contributed by atoms with van der Waals surface area (Å²) in [5.74, 6) is 0.00229. The fourth-order valence-electron chi connectivity index (χ4n) is 1.65. The maximum Gasteiger partial charge on any atom is 0.163 e. The molecule has 2 N–H and O–H groups in total. The molecule has 0 aliphatic rings. The number of phenolic OH excluding ortho intramolecular Hbond substituents is 2. The number of phenols is 2. The molecule has 0 aliphatic carbocycles. The van der Waals surface area contributed by atoms with Crippen molar-refractivity contribution in [1.29, 1.82) is 0 Å². The Morgan fingerprint density at radius 2 is 1.53 bits per heavy atom. The quantitative estimate of drug-likeness (QED) is 0.777. The standard InChI is InChI=1S/C14H12O3/c1-9(15)13-8-11(4-7-14(13)17)10-2-5-12(16)6-3-10/h2-8,16-17H,1H3. The second-order valence-corrected chi connectivity index (χ2v) is 3.83. The van der Waals surface area contributed by atoms with Gasteiger partial charge in [-0.3, -0.25) is 4.79 Å². The Bertz CT molecular complexity index is 556. The lowest BCUT2D eigenvalue weighted by Gasteiger charge is -2.05. The van der Waals surface area contributed by atoms with Crippen LogP contribution < -0.4 is 0 Å². The molecule has 0 spiro atoms. The molecule has 2 aromatic rings. The average Bonchev–Trinajstić information content (AvgIpc) is 2.30. The SMILES string of the molecule is CC(=O)c1cc(-c2ccc(O)cc2)ccc1O. The Morgan fingerprint density at radius 3 is 2.12 bits per heavy atom. The number of ketones is 1. The minimum Gasteiger partial charge on any atom is -0.508 e. The van der Waals surface area contributed by atoms with E-state index in [2.05, 4.69) is 0 Å². The summed E-state index contributed by atoms with van der Waals surface area (Å²) in [5.41, 5.74) is 2.01. The van der Waals surface area contributed by atoms with Crippen molar-refractivity contribution in [2.24, 2.45) is 0 Å². The summed E-state index contributed by atoms with van der Waals surface area (Å²) in [6.45, 7) is 1.41. The molecular formula is C14H12O3. The Kier molecular flexibility index (Phi) is 2.83. The van der Waals surface area contributed by atoms with E-state index in [0.717, 1.165) is 11.1 Å². The van der Waals surface area contributed by atoms with Crippen molar-refractivity contribution < 1.29 is 15.0 Å². The van der Waals surface area contributed by atoms with Crippen LogP contribution in [0.3, 0.4) is 0 Å². The van der Waals surface area contributed by atoms with Crippen LogP contribution in [0.25, 0.3) is 11.1 Å². The lowest BCUT2D eigenvalue weighted by Crippen LogP contribution is -1.93. The van der Waals surface area contributed by atoms with Gasteiger partial charge in [-0.1, -0.05) is 18.2 Å². The van der Waals surface area contributed by atoms with Gasteiger partial charge in [-0.25, -0.2) is 0 Å². The minimum atomic E-state index is -0.178. The molecule has 0 heterocycles. The normalized spacial score (nSPS) is 10.2. The molecule has 0 unspecified atom stereocenters. The topological polar surface area (TPSA) is 57.5 Å². The van der Waals surface area contributed by atoms with E-state index in [1.165, 1.54) is 13.0 Å². The van der Waals surface area contributed by atoms with E-state index < -0.39 is 0 Å². The molecule has 86 valence electrons. The third-order valence-electron chi connectivity index (χ3n) is 2.58. The van der Waals surface area contributed by atoms with Crippen LogP contribution in [0.2, 0.25) is 0 Å². The third-order valence-corrected chi connectivity index (χ3v) is 2.58. The molecule has 3 heteroatoms. The molecule has 0 saturated carbocycles. The van der Waals surface area contributed by atoms with Gasteiger partial charge in [-0.15, -0.1) is 0 Å². The molecule has 3 nitrogen and oxygen atoms in total. The molecule has 0 saturated heterocycles.